The average molecular weight is 258 g/mol. The van der Waals surface area contributed by atoms with E-state index in [1.807, 2.05) is 19.1 Å². The Balaban J connectivity index is 2.35. The summed E-state index contributed by atoms with van der Waals surface area (Å²) in [6.45, 7) is 6.19. The molecular formula is C16H19FN2. The summed E-state index contributed by atoms with van der Waals surface area (Å²) < 4.78 is 12.9. The second kappa shape index (κ2) is 5.10. The van der Waals surface area contributed by atoms with Gasteiger partial charge < -0.3 is 5.73 Å². The van der Waals surface area contributed by atoms with Gasteiger partial charge in [-0.05, 0) is 36.1 Å². The number of aromatic nitrogens is 1. The van der Waals surface area contributed by atoms with Gasteiger partial charge in [-0.15, -0.1) is 0 Å². The molecule has 2 N–H and O–H groups in total. The van der Waals surface area contributed by atoms with Gasteiger partial charge in [-0.3, -0.25) is 4.98 Å². The Morgan fingerprint density at radius 3 is 2.21 bits per heavy atom. The molecule has 100 valence electrons. The van der Waals surface area contributed by atoms with E-state index in [1.165, 1.54) is 17.8 Å². The van der Waals surface area contributed by atoms with Crippen LogP contribution in [0.25, 0.3) is 0 Å². The summed E-state index contributed by atoms with van der Waals surface area (Å²) in [4.78, 5) is 4.08. The number of benzene rings is 1. The lowest BCUT2D eigenvalue weighted by molar-refractivity contribution is 0.567. The van der Waals surface area contributed by atoms with Crippen LogP contribution in [0, 0.1) is 5.82 Å². The monoisotopic (exact) mass is 258 g/mol. The van der Waals surface area contributed by atoms with Crippen molar-refractivity contribution in [1.82, 2.24) is 4.98 Å². The average Bonchev–Trinajstić information content (AvgIpc) is 2.39. The molecule has 1 aromatic heterocycles. The molecule has 1 unspecified atom stereocenters. The number of hydrogen-bond acceptors (Lipinski definition) is 2. The lowest BCUT2D eigenvalue weighted by Crippen LogP contribution is -2.35. The summed E-state index contributed by atoms with van der Waals surface area (Å²) in [5.74, 6) is 0.136. The fraction of sp³-hybridized carbons (Fsp3) is 0.312. The van der Waals surface area contributed by atoms with Gasteiger partial charge in [0, 0.05) is 0 Å². The van der Waals surface area contributed by atoms with Crippen molar-refractivity contribution in [1.29, 1.82) is 0 Å². The van der Waals surface area contributed by atoms with Crippen LogP contribution in [0.1, 0.15) is 43.5 Å². The molecule has 1 atom stereocenters. The molecule has 0 fully saturated rings. The lowest BCUT2D eigenvalue weighted by atomic mass is 9.88. The smallest absolute Gasteiger partial charge is 0.141 e. The molecule has 0 bridgehead atoms. The minimum absolute atomic E-state index is 0.352. The first-order chi connectivity index (χ1) is 8.91. The molecule has 0 aliphatic rings. The van der Waals surface area contributed by atoms with Crippen LogP contribution in [0.3, 0.4) is 0 Å². The Kier molecular flexibility index (Phi) is 3.67. The number of rotatable bonds is 3. The van der Waals surface area contributed by atoms with Crippen molar-refractivity contribution < 1.29 is 4.39 Å². The summed E-state index contributed by atoms with van der Waals surface area (Å²) in [6, 6.07) is 11.2. The Morgan fingerprint density at radius 2 is 1.74 bits per heavy atom. The van der Waals surface area contributed by atoms with E-state index < -0.39 is 5.54 Å². The number of hydrogen-bond donors (Lipinski definition) is 1. The highest BCUT2D eigenvalue weighted by atomic mass is 19.1. The van der Waals surface area contributed by atoms with Crippen LogP contribution in [0.2, 0.25) is 0 Å². The van der Waals surface area contributed by atoms with E-state index in [2.05, 4.69) is 31.0 Å². The predicted octanol–water partition coefficient (Wildman–Crippen LogP) is 3.57. The van der Waals surface area contributed by atoms with Crippen LogP contribution in [0.4, 0.5) is 4.39 Å². The third kappa shape index (κ3) is 2.82. The highest BCUT2D eigenvalue weighted by molar-refractivity contribution is 5.35. The van der Waals surface area contributed by atoms with E-state index in [4.69, 9.17) is 5.73 Å². The van der Waals surface area contributed by atoms with Gasteiger partial charge in [0.05, 0.1) is 17.4 Å². The summed E-state index contributed by atoms with van der Waals surface area (Å²) >= 11 is 0. The third-order valence-electron chi connectivity index (χ3n) is 3.44. The Hall–Kier alpha value is -1.74. The minimum atomic E-state index is -0.719. The summed E-state index contributed by atoms with van der Waals surface area (Å²) in [5, 5.41) is 0. The SMILES string of the molecule is CC(C)c1ccc(C(C)(N)c2ccc(F)cn2)cc1. The van der Waals surface area contributed by atoms with Crippen LogP contribution >= 0.6 is 0 Å². The van der Waals surface area contributed by atoms with Gasteiger partial charge in [0.25, 0.3) is 0 Å². The molecule has 3 heteroatoms. The molecule has 2 nitrogen and oxygen atoms in total. The zero-order valence-electron chi connectivity index (χ0n) is 11.5. The van der Waals surface area contributed by atoms with Crippen LogP contribution < -0.4 is 5.73 Å². The molecule has 19 heavy (non-hydrogen) atoms. The molecule has 1 heterocycles. The first-order valence-electron chi connectivity index (χ1n) is 6.42. The zero-order chi connectivity index (χ0) is 14.0. The van der Waals surface area contributed by atoms with Crippen LogP contribution in [-0.2, 0) is 5.54 Å². The van der Waals surface area contributed by atoms with E-state index in [-0.39, 0.29) is 5.82 Å². The molecule has 2 rings (SSSR count). The Labute approximate surface area is 113 Å². The van der Waals surface area contributed by atoms with Crippen molar-refractivity contribution in [3.63, 3.8) is 0 Å². The second-order valence-electron chi connectivity index (χ2n) is 5.34. The van der Waals surface area contributed by atoms with E-state index in [1.54, 1.807) is 6.07 Å². The summed E-state index contributed by atoms with van der Waals surface area (Å²) in [7, 11) is 0. The van der Waals surface area contributed by atoms with Crippen LogP contribution in [0.5, 0.6) is 0 Å². The summed E-state index contributed by atoms with van der Waals surface area (Å²) in [5.41, 5.74) is 8.53. The molecule has 1 aromatic carbocycles. The van der Waals surface area contributed by atoms with Crippen LogP contribution in [0.15, 0.2) is 42.6 Å². The fourth-order valence-corrected chi connectivity index (χ4v) is 2.05. The maximum Gasteiger partial charge on any atom is 0.141 e. The summed E-state index contributed by atoms with van der Waals surface area (Å²) in [6.07, 6.45) is 1.20. The third-order valence-corrected chi connectivity index (χ3v) is 3.44. The zero-order valence-corrected chi connectivity index (χ0v) is 11.5. The number of nitrogens with two attached hydrogens (primary N) is 1. The molecule has 0 amide bonds. The van der Waals surface area contributed by atoms with Gasteiger partial charge in [-0.2, -0.15) is 0 Å². The number of pyridine rings is 1. The van der Waals surface area contributed by atoms with Gasteiger partial charge in [0.1, 0.15) is 5.82 Å². The van der Waals surface area contributed by atoms with Crippen molar-refractivity contribution in [3.05, 3.63) is 65.2 Å². The number of nitrogens with zero attached hydrogens (tertiary/aromatic N) is 1. The molecular weight excluding hydrogens is 239 g/mol. The molecule has 0 saturated heterocycles. The maximum atomic E-state index is 12.9. The van der Waals surface area contributed by atoms with Crippen molar-refractivity contribution in [2.24, 2.45) is 5.73 Å². The lowest BCUT2D eigenvalue weighted by Gasteiger charge is -2.25. The van der Waals surface area contributed by atoms with Gasteiger partial charge in [-0.1, -0.05) is 38.1 Å². The maximum absolute atomic E-state index is 12.9. The quantitative estimate of drug-likeness (QED) is 0.914. The Bertz CT molecular complexity index is 542. The molecule has 2 aromatic rings. The normalized spacial score (nSPS) is 14.4. The fourth-order valence-electron chi connectivity index (χ4n) is 2.05. The van der Waals surface area contributed by atoms with E-state index in [0.717, 1.165) is 5.56 Å². The minimum Gasteiger partial charge on any atom is -0.317 e. The van der Waals surface area contributed by atoms with Gasteiger partial charge in [0.15, 0.2) is 0 Å². The van der Waals surface area contributed by atoms with E-state index in [9.17, 15) is 4.39 Å². The highest BCUT2D eigenvalue weighted by Crippen LogP contribution is 2.26. The molecule has 0 radical (unpaired) electrons. The van der Waals surface area contributed by atoms with E-state index in [0.29, 0.717) is 11.6 Å². The predicted molar refractivity (Wildman–Crippen MR) is 75.4 cm³/mol. The van der Waals surface area contributed by atoms with Crippen molar-refractivity contribution in [2.45, 2.75) is 32.2 Å². The largest absolute Gasteiger partial charge is 0.317 e. The van der Waals surface area contributed by atoms with Crippen molar-refractivity contribution in [2.75, 3.05) is 0 Å². The molecule has 0 aliphatic heterocycles. The topological polar surface area (TPSA) is 38.9 Å². The van der Waals surface area contributed by atoms with Crippen molar-refractivity contribution in [3.8, 4) is 0 Å². The molecule has 0 aliphatic carbocycles. The molecule has 0 saturated carbocycles. The first kappa shape index (κ1) is 13.7. The van der Waals surface area contributed by atoms with Gasteiger partial charge in [-0.25, -0.2) is 4.39 Å². The standard InChI is InChI=1S/C16H19FN2/c1-11(2)12-4-6-13(7-5-12)16(3,18)15-9-8-14(17)10-19-15/h4-11H,18H2,1-3H3. The van der Waals surface area contributed by atoms with Crippen molar-refractivity contribution >= 4 is 0 Å². The molecule has 0 spiro atoms. The number of halogens is 1. The van der Waals surface area contributed by atoms with E-state index >= 15 is 0 Å². The highest BCUT2D eigenvalue weighted by Gasteiger charge is 2.25. The first-order valence-corrected chi connectivity index (χ1v) is 6.42. The van der Waals surface area contributed by atoms with Gasteiger partial charge in [0.2, 0.25) is 0 Å². The van der Waals surface area contributed by atoms with Gasteiger partial charge >= 0.3 is 0 Å². The second-order valence-corrected chi connectivity index (χ2v) is 5.34. The Morgan fingerprint density at radius 1 is 1.11 bits per heavy atom. The van der Waals surface area contributed by atoms with Crippen LogP contribution in [-0.4, -0.2) is 4.98 Å².